The molecule has 0 amide bonds. The molecular weight excluding hydrogens is 340 g/mol. The zero-order valence-electron chi connectivity index (χ0n) is 13.8. The molecule has 2 aliphatic rings. The first-order chi connectivity index (χ1) is 12.5. The minimum atomic E-state index is -1.02. The summed E-state index contributed by atoms with van der Waals surface area (Å²) in [6.45, 7) is 0.794. The van der Waals surface area contributed by atoms with Gasteiger partial charge in [-0.15, -0.1) is 0 Å². The van der Waals surface area contributed by atoms with E-state index in [0.717, 1.165) is 0 Å². The maximum Gasteiger partial charge on any atom is 0.326 e. The summed E-state index contributed by atoms with van der Waals surface area (Å²) in [6.07, 6.45) is 2.08. The summed E-state index contributed by atoms with van der Waals surface area (Å²) in [5.74, 6) is -1.88. The molecule has 3 heterocycles. The lowest BCUT2D eigenvalue weighted by atomic mass is 10.2. The van der Waals surface area contributed by atoms with Gasteiger partial charge in [-0.1, -0.05) is 0 Å². The van der Waals surface area contributed by atoms with Gasteiger partial charge in [0.2, 0.25) is 0 Å². The minimum Gasteiger partial charge on any atom is -0.480 e. The van der Waals surface area contributed by atoms with E-state index in [-0.39, 0.29) is 23.0 Å². The van der Waals surface area contributed by atoms with Crippen molar-refractivity contribution in [1.82, 2.24) is 9.97 Å². The second kappa shape index (κ2) is 6.84. The third-order valence-electron chi connectivity index (χ3n) is 4.69. The molecule has 0 bridgehead atoms. The highest BCUT2D eigenvalue weighted by Gasteiger charge is 2.37. The average Bonchev–Trinajstić information content (AvgIpc) is 3.29. The summed E-state index contributed by atoms with van der Waals surface area (Å²) in [7, 11) is 0. The van der Waals surface area contributed by atoms with E-state index in [2.05, 4.69) is 9.97 Å². The van der Waals surface area contributed by atoms with Crippen LogP contribution in [-0.2, 0) is 9.59 Å². The standard InChI is InChI=1S/C16H16N6O4/c17-7-9-13(21-5-1-3-11(21)15(23)24)20-14(10(8-18)19-9)22-6-2-4-12(22)16(25)26/h11-12H,1-6H2,(H,23,24)(H,25,26). The Morgan fingerprint density at radius 3 is 1.65 bits per heavy atom. The number of carbonyl (C=O) groups is 2. The molecule has 2 saturated heterocycles. The number of aromatic nitrogens is 2. The van der Waals surface area contributed by atoms with E-state index in [0.29, 0.717) is 38.8 Å². The molecule has 2 fully saturated rings. The number of nitriles is 2. The van der Waals surface area contributed by atoms with Gasteiger partial charge < -0.3 is 20.0 Å². The number of carboxylic acids is 2. The fraction of sp³-hybridized carbons (Fsp3) is 0.500. The van der Waals surface area contributed by atoms with Crippen LogP contribution in [0.1, 0.15) is 37.1 Å². The summed E-state index contributed by atoms with van der Waals surface area (Å²) in [5.41, 5.74) is -0.269. The van der Waals surface area contributed by atoms with Crippen molar-refractivity contribution in [1.29, 1.82) is 10.5 Å². The first-order valence-electron chi connectivity index (χ1n) is 8.19. The zero-order valence-corrected chi connectivity index (χ0v) is 13.8. The lowest BCUT2D eigenvalue weighted by Gasteiger charge is -2.27. The highest BCUT2D eigenvalue weighted by molar-refractivity contribution is 5.81. The van der Waals surface area contributed by atoms with Crippen molar-refractivity contribution in [3.05, 3.63) is 11.4 Å². The van der Waals surface area contributed by atoms with Crippen LogP contribution in [-0.4, -0.2) is 57.3 Å². The molecule has 2 unspecified atom stereocenters. The molecule has 2 aliphatic heterocycles. The summed E-state index contributed by atoms with van der Waals surface area (Å²) in [4.78, 5) is 34.3. The summed E-state index contributed by atoms with van der Waals surface area (Å²) in [5, 5.41) is 37.5. The van der Waals surface area contributed by atoms with E-state index >= 15 is 0 Å². The molecule has 1 aromatic rings. The normalized spacial score (nSPS) is 22.1. The van der Waals surface area contributed by atoms with Crippen LogP contribution in [0.15, 0.2) is 0 Å². The van der Waals surface area contributed by atoms with Gasteiger partial charge in [-0.3, -0.25) is 0 Å². The van der Waals surface area contributed by atoms with Crippen molar-refractivity contribution < 1.29 is 19.8 Å². The molecule has 0 saturated carbocycles. The molecule has 10 heteroatoms. The molecule has 3 rings (SSSR count). The third kappa shape index (κ3) is 2.86. The minimum absolute atomic E-state index is 0.0856. The van der Waals surface area contributed by atoms with E-state index in [1.54, 1.807) is 0 Å². The van der Waals surface area contributed by atoms with Crippen molar-refractivity contribution >= 4 is 23.6 Å². The maximum absolute atomic E-state index is 11.5. The number of carboxylic acid groups (broad SMARTS) is 2. The molecule has 10 nitrogen and oxygen atoms in total. The van der Waals surface area contributed by atoms with Gasteiger partial charge in [-0.25, -0.2) is 19.6 Å². The zero-order chi connectivity index (χ0) is 18.8. The van der Waals surface area contributed by atoms with E-state index in [1.807, 2.05) is 12.1 Å². The average molecular weight is 356 g/mol. The van der Waals surface area contributed by atoms with E-state index < -0.39 is 24.0 Å². The van der Waals surface area contributed by atoms with Gasteiger partial charge in [0.1, 0.15) is 24.2 Å². The van der Waals surface area contributed by atoms with Crippen molar-refractivity contribution in [3.63, 3.8) is 0 Å². The largest absolute Gasteiger partial charge is 0.480 e. The number of aliphatic carboxylic acids is 2. The van der Waals surface area contributed by atoms with Crippen molar-refractivity contribution in [2.45, 2.75) is 37.8 Å². The predicted octanol–water partition coefficient (Wildman–Crippen LogP) is 0.327. The predicted molar refractivity (Wildman–Crippen MR) is 87.5 cm³/mol. The van der Waals surface area contributed by atoms with Gasteiger partial charge in [0.15, 0.2) is 23.0 Å². The van der Waals surface area contributed by atoms with Crippen LogP contribution in [0.4, 0.5) is 11.6 Å². The molecule has 0 aromatic carbocycles. The second-order valence-corrected chi connectivity index (χ2v) is 6.17. The van der Waals surface area contributed by atoms with Crippen LogP contribution >= 0.6 is 0 Å². The molecule has 0 spiro atoms. The van der Waals surface area contributed by atoms with E-state index in [1.165, 1.54) is 9.80 Å². The second-order valence-electron chi connectivity index (χ2n) is 6.17. The third-order valence-corrected chi connectivity index (χ3v) is 4.69. The molecule has 0 radical (unpaired) electrons. The number of nitrogens with zero attached hydrogens (tertiary/aromatic N) is 6. The summed E-state index contributed by atoms with van der Waals surface area (Å²) >= 11 is 0. The molecule has 26 heavy (non-hydrogen) atoms. The topological polar surface area (TPSA) is 154 Å². The number of hydrogen-bond acceptors (Lipinski definition) is 8. The van der Waals surface area contributed by atoms with Crippen LogP contribution in [0.3, 0.4) is 0 Å². The van der Waals surface area contributed by atoms with E-state index in [9.17, 15) is 30.3 Å². The van der Waals surface area contributed by atoms with Crippen LogP contribution in [0.25, 0.3) is 0 Å². The van der Waals surface area contributed by atoms with Gasteiger partial charge >= 0.3 is 11.9 Å². The molecule has 2 atom stereocenters. The van der Waals surface area contributed by atoms with Gasteiger partial charge in [-0.05, 0) is 25.7 Å². The van der Waals surface area contributed by atoms with Crippen molar-refractivity contribution in [3.8, 4) is 12.1 Å². The quantitative estimate of drug-likeness (QED) is 0.770. The maximum atomic E-state index is 11.5. The Labute approximate surface area is 148 Å². The van der Waals surface area contributed by atoms with Crippen LogP contribution in [0, 0.1) is 22.7 Å². The number of rotatable bonds is 4. The highest BCUT2D eigenvalue weighted by atomic mass is 16.4. The Hall–Kier alpha value is -3.40. The molecule has 0 aliphatic carbocycles. The fourth-order valence-corrected chi connectivity index (χ4v) is 3.52. The Morgan fingerprint density at radius 2 is 1.31 bits per heavy atom. The van der Waals surface area contributed by atoms with Crippen LogP contribution in [0.2, 0.25) is 0 Å². The Morgan fingerprint density at radius 1 is 0.885 bits per heavy atom. The van der Waals surface area contributed by atoms with Crippen molar-refractivity contribution in [2.75, 3.05) is 22.9 Å². The molecule has 1 aromatic heterocycles. The lowest BCUT2D eigenvalue weighted by molar-refractivity contribution is -0.139. The Bertz CT molecular complexity index is 777. The number of hydrogen-bond donors (Lipinski definition) is 2. The van der Waals surface area contributed by atoms with Crippen LogP contribution in [0.5, 0.6) is 0 Å². The van der Waals surface area contributed by atoms with Crippen LogP contribution < -0.4 is 9.80 Å². The smallest absolute Gasteiger partial charge is 0.326 e. The van der Waals surface area contributed by atoms with Gasteiger partial charge in [0.25, 0.3) is 0 Å². The first kappa shape index (κ1) is 17.4. The summed E-state index contributed by atoms with van der Waals surface area (Å²) in [6, 6.07) is 2.07. The first-order valence-corrected chi connectivity index (χ1v) is 8.19. The molecular formula is C16H16N6O4. The Kier molecular flexibility index (Phi) is 4.59. The fourth-order valence-electron chi connectivity index (χ4n) is 3.52. The van der Waals surface area contributed by atoms with Gasteiger partial charge in [0, 0.05) is 13.1 Å². The van der Waals surface area contributed by atoms with Gasteiger partial charge in [-0.2, -0.15) is 10.5 Å². The lowest BCUT2D eigenvalue weighted by Crippen LogP contribution is -2.39. The molecule has 134 valence electrons. The van der Waals surface area contributed by atoms with Gasteiger partial charge in [0.05, 0.1) is 0 Å². The van der Waals surface area contributed by atoms with E-state index in [4.69, 9.17) is 0 Å². The SMILES string of the molecule is N#Cc1nc(C#N)c(N2CCCC2C(=O)O)nc1N1CCCC1C(=O)O. The Balaban J connectivity index is 2.11. The van der Waals surface area contributed by atoms with Crippen molar-refractivity contribution in [2.24, 2.45) is 0 Å². The summed E-state index contributed by atoms with van der Waals surface area (Å²) < 4.78 is 0. The molecule has 2 N–H and O–H groups in total. The monoisotopic (exact) mass is 356 g/mol. The highest BCUT2D eigenvalue weighted by Crippen LogP contribution is 2.32. The number of anilines is 2.